The van der Waals surface area contributed by atoms with Gasteiger partial charge in [0.25, 0.3) is 0 Å². The third kappa shape index (κ3) is 1.42. The summed E-state index contributed by atoms with van der Waals surface area (Å²) >= 11 is 0. The van der Waals surface area contributed by atoms with Crippen molar-refractivity contribution < 1.29 is 13.7 Å². The van der Waals surface area contributed by atoms with Crippen LogP contribution in [0, 0.1) is 11.8 Å². The Kier molecular flexibility index (Phi) is 2.29. The lowest BCUT2D eigenvalue weighted by molar-refractivity contribution is -0.125. The fourth-order valence-electron chi connectivity index (χ4n) is 2.93. The molecule has 1 fully saturated rings. The minimum absolute atomic E-state index is 0.0586. The molecule has 0 aromatic carbocycles. The first-order valence-corrected chi connectivity index (χ1v) is 6.81. The van der Waals surface area contributed by atoms with Gasteiger partial charge in [-0.3, -0.25) is 9.00 Å². The van der Waals surface area contributed by atoms with E-state index < -0.39 is 10.8 Å². The number of rotatable bonds is 0. The molecular formula is C11H14O3S. The van der Waals surface area contributed by atoms with Gasteiger partial charge in [-0.25, -0.2) is 0 Å². The van der Waals surface area contributed by atoms with E-state index in [9.17, 15) is 9.00 Å². The molecule has 0 bridgehead atoms. The molecule has 0 aromatic rings. The molecule has 0 radical (unpaired) electrons. The molecule has 3 atom stereocenters. The van der Waals surface area contributed by atoms with Crippen molar-refractivity contribution in [1.82, 2.24) is 0 Å². The van der Waals surface area contributed by atoms with Crippen molar-refractivity contribution in [2.24, 2.45) is 11.8 Å². The zero-order valence-corrected chi connectivity index (χ0v) is 9.35. The van der Waals surface area contributed by atoms with E-state index in [2.05, 4.69) is 0 Å². The van der Waals surface area contributed by atoms with Gasteiger partial charge >= 0.3 is 0 Å². The quantitative estimate of drug-likeness (QED) is 0.619. The monoisotopic (exact) mass is 226 g/mol. The Morgan fingerprint density at radius 1 is 1.33 bits per heavy atom. The molecule has 1 saturated carbocycles. The van der Waals surface area contributed by atoms with Crippen molar-refractivity contribution in [3.8, 4) is 0 Å². The molecule has 2 heterocycles. The molecule has 0 saturated heterocycles. The Morgan fingerprint density at radius 2 is 2.20 bits per heavy atom. The number of hydrogen-bond acceptors (Lipinski definition) is 3. The van der Waals surface area contributed by atoms with Crippen molar-refractivity contribution in [2.45, 2.75) is 19.3 Å². The molecule has 3 rings (SSSR count). The summed E-state index contributed by atoms with van der Waals surface area (Å²) in [6.07, 6.45) is 2.64. The third-order valence-corrected chi connectivity index (χ3v) is 5.22. The highest BCUT2D eigenvalue weighted by molar-refractivity contribution is 7.89. The van der Waals surface area contributed by atoms with Crippen LogP contribution in [0.4, 0.5) is 0 Å². The zero-order valence-electron chi connectivity index (χ0n) is 8.53. The molecule has 0 amide bonds. The second-order valence-corrected chi connectivity index (χ2v) is 6.08. The van der Waals surface area contributed by atoms with Crippen molar-refractivity contribution in [2.75, 3.05) is 19.0 Å². The summed E-state index contributed by atoms with van der Waals surface area (Å²) in [7, 11) is -0.878. The first kappa shape index (κ1) is 9.73. The van der Waals surface area contributed by atoms with Gasteiger partial charge in [0.1, 0.15) is 5.78 Å². The Hall–Kier alpha value is -0.480. The number of carbonyl (C=O) groups excluding carboxylic acids is 1. The van der Waals surface area contributed by atoms with E-state index in [-0.39, 0.29) is 11.7 Å². The Labute approximate surface area is 91.3 Å². The van der Waals surface area contributed by atoms with Crippen molar-refractivity contribution in [3.63, 3.8) is 0 Å². The highest BCUT2D eigenvalue weighted by Crippen LogP contribution is 2.42. The average Bonchev–Trinajstić information content (AvgIpc) is 2.27. The summed E-state index contributed by atoms with van der Waals surface area (Å²) in [6.45, 7) is 1.01. The maximum absolute atomic E-state index is 11.8. The van der Waals surface area contributed by atoms with Gasteiger partial charge in [-0.05, 0) is 24.3 Å². The maximum Gasteiger partial charge on any atom is 0.142 e. The Morgan fingerprint density at radius 3 is 3.07 bits per heavy atom. The van der Waals surface area contributed by atoms with E-state index in [1.165, 1.54) is 5.57 Å². The highest BCUT2D eigenvalue weighted by Gasteiger charge is 2.41. The lowest BCUT2D eigenvalue weighted by Gasteiger charge is -2.39. The first-order valence-electron chi connectivity index (χ1n) is 5.49. The van der Waals surface area contributed by atoms with Crippen molar-refractivity contribution >= 4 is 16.6 Å². The molecule has 0 N–H and O–H groups in total. The van der Waals surface area contributed by atoms with Crippen molar-refractivity contribution in [1.29, 1.82) is 0 Å². The van der Waals surface area contributed by atoms with Crippen LogP contribution in [-0.2, 0) is 20.3 Å². The molecule has 2 aliphatic heterocycles. The lowest BCUT2D eigenvalue weighted by Crippen LogP contribution is -2.39. The average molecular weight is 226 g/mol. The van der Waals surface area contributed by atoms with Crippen LogP contribution < -0.4 is 0 Å². The van der Waals surface area contributed by atoms with Gasteiger partial charge in [-0.2, -0.15) is 0 Å². The molecule has 82 valence electrons. The van der Waals surface area contributed by atoms with Gasteiger partial charge in [-0.15, -0.1) is 0 Å². The molecule has 4 heteroatoms. The molecule has 3 nitrogen and oxygen atoms in total. The number of hydrogen-bond donors (Lipinski definition) is 0. The number of carbonyl (C=O) groups is 1. The molecule has 3 aliphatic rings. The van der Waals surface area contributed by atoms with Gasteiger partial charge in [0.05, 0.1) is 29.9 Å². The molecule has 1 aliphatic carbocycles. The van der Waals surface area contributed by atoms with E-state index in [0.29, 0.717) is 25.6 Å². The Balaban J connectivity index is 2.09. The zero-order chi connectivity index (χ0) is 10.4. The topological polar surface area (TPSA) is 43.4 Å². The maximum atomic E-state index is 11.8. The van der Waals surface area contributed by atoms with Gasteiger partial charge < -0.3 is 4.74 Å². The number of ether oxygens (including phenoxy) is 1. The van der Waals surface area contributed by atoms with Gasteiger partial charge in [0, 0.05) is 17.1 Å². The lowest BCUT2D eigenvalue weighted by atomic mass is 9.74. The third-order valence-electron chi connectivity index (χ3n) is 3.71. The van der Waals surface area contributed by atoms with Crippen LogP contribution >= 0.6 is 0 Å². The minimum atomic E-state index is -0.878. The second-order valence-electron chi connectivity index (χ2n) is 4.49. The van der Waals surface area contributed by atoms with Gasteiger partial charge in [0.15, 0.2) is 0 Å². The van der Waals surface area contributed by atoms with Crippen LogP contribution in [0.25, 0.3) is 0 Å². The summed E-state index contributed by atoms with van der Waals surface area (Å²) in [5.41, 5.74) is 1.20. The number of ketones is 1. The van der Waals surface area contributed by atoms with Gasteiger partial charge in [-0.1, -0.05) is 0 Å². The van der Waals surface area contributed by atoms with E-state index in [1.54, 1.807) is 0 Å². The second kappa shape index (κ2) is 3.52. The van der Waals surface area contributed by atoms with Gasteiger partial charge in [0.2, 0.25) is 0 Å². The molecule has 0 aromatic heterocycles. The normalized spacial score (nSPS) is 40.3. The smallest absolute Gasteiger partial charge is 0.142 e. The number of Topliss-reactive ketones (excluding diaryl/α,β-unsaturated/α-hetero) is 1. The molecule has 3 unspecified atom stereocenters. The van der Waals surface area contributed by atoms with Crippen LogP contribution in [0.15, 0.2) is 10.5 Å². The summed E-state index contributed by atoms with van der Waals surface area (Å²) in [4.78, 5) is 12.7. The predicted molar refractivity (Wildman–Crippen MR) is 56.7 cm³/mol. The summed E-state index contributed by atoms with van der Waals surface area (Å²) < 4.78 is 17.2. The Bertz CT molecular complexity index is 372. The van der Waals surface area contributed by atoms with E-state index in [4.69, 9.17) is 4.74 Å². The fraction of sp³-hybridized carbons (Fsp3) is 0.727. The van der Waals surface area contributed by atoms with Crippen LogP contribution in [0.3, 0.4) is 0 Å². The summed E-state index contributed by atoms with van der Waals surface area (Å²) in [5, 5.41) is 0. The summed E-state index contributed by atoms with van der Waals surface area (Å²) in [6, 6.07) is 0. The van der Waals surface area contributed by atoms with E-state index in [0.717, 1.165) is 23.5 Å². The predicted octanol–water partition coefficient (Wildman–Crippen LogP) is 1.02. The minimum Gasteiger partial charge on any atom is -0.375 e. The van der Waals surface area contributed by atoms with E-state index >= 15 is 0 Å². The fourth-order valence-corrected chi connectivity index (χ4v) is 4.46. The molecule has 15 heavy (non-hydrogen) atoms. The van der Waals surface area contributed by atoms with Crippen molar-refractivity contribution in [3.05, 3.63) is 10.5 Å². The van der Waals surface area contributed by atoms with Crippen LogP contribution in [0.1, 0.15) is 19.3 Å². The standard InChI is InChI=1S/C11H14O3S/c12-9-2-1-7-3-4-15(13)10-6-14-5-8(9)11(7)10/h7-8H,1-6H2. The SMILES string of the molecule is O=C1CCC2CCS(=O)C3=C2C1COC3. The largest absolute Gasteiger partial charge is 0.375 e. The molecule has 0 spiro atoms. The van der Waals surface area contributed by atoms with E-state index in [1.807, 2.05) is 0 Å². The first-order chi connectivity index (χ1) is 7.27. The highest BCUT2D eigenvalue weighted by atomic mass is 32.2. The molecular weight excluding hydrogens is 212 g/mol. The van der Waals surface area contributed by atoms with Crippen LogP contribution in [-0.4, -0.2) is 29.0 Å². The summed E-state index contributed by atoms with van der Waals surface area (Å²) in [5.74, 6) is 1.51. The van der Waals surface area contributed by atoms with Crippen LogP contribution in [0.5, 0.6) is 0 Å². The van der Waals surface area contributed by atoms with Crippen LogP contribution in [0.2, 0.25) is 0 Å².